The lowest BCUT2D eigenvalue weighted by Gasteiger charge is -2.33. The van der Waals surface area contributed by atoms with Crippen molar-refractivity contribution in [1.82, 2.24) is 0 Å². The summed E-state index contributed by atoms with van der Waals surface area (Å²) < 4.78 is 0. The maximum atomic E-state index is 9.93. The fourth-order valence-electron chi connectivity index (χ4n) is 3.32. The molecular formula is C13H25NO. The third kappa shape index (κ3) is 3.18. The summed E-state index contributed by atoms with van der Waals surface area (Å²) in [7, 11) is 0. The van der Waals surface area contributed by atoms with Gasteiger partial charge in [-0.3, -0.25) is 0 Å². The summed E-state index contributed by atoms with van der Waals surface area (Å²) in [5.74, 6) is 1.45. The van der Waals surface area contributed by atoms with Crippen LogP contribution in [0.25, 0.3) is 0 Å². The van der Waals surface area contributed by atoms with Crippen molar-refractivity contribution < 1.29 is 5.11 Å². The highest BCUT2D eigenvalue weighted by atomic mass is 16.3. The van der Waals surface area contributed by atoms with E-state index in [2.05, 4.69) is 0 Å². The lowest BCUT2D eigenvalue weighted by Crippen LogP contribution is -2.30. The molecule has 0 aliphatic heterocycles. The molecule has 0 amide bonds. The van der Waals surface area contributed by atoms with Gasteiger partial charge in [0.15, 0.2) is 0 Å². The fraction of sp³-hybridized carbons (Fsp3) is 1.00. The lowest BCUT2D eigenvalue weighted by molar-refractivity contribution is 0.0516. The van der Waals surface area contributed by atoms with Crippen LogP contribution < -0.4 is 5.73 Å². The summed E-state index contributed by atoms with van der Waals surface area (Å²) in [6.45, 7) is 0. The molecule has 2 fully saturated rings. The third-order valence-electron chi connectivity index (χ3n) is 4.40. The van der Waals surface area contributed by atoms with E-state index in [1.807, 2.05) is 0 Å². The van der Waals surface area contributed by atoms with Crippen molar-refractivity contribution in [3.63, 3.8) is 0 Å². The monoisotopic (exact) mass is 211 g/mol. The first-order chi connectivity index (χ1) is 7.25. The minimum Gasteiger partial charge on any atom is -0.393 e. The lowest BCUT2D eigenvalue weighted by atomic mass is 9.75. The molecule has 2 aliphatic carbocycles. The number of hydrogen-bond acceptors (Lipinski definition) is 2. The SMILES string of the molecule is NC1CCC(CC2CCCCC2O)CC1. The number of hydrogen-bond donors (Lipinski definition) is 2. The standard InChI is InChI=1S/C13H25NO/c14-12-7-5-10(6-8-12)9-11-3-1-2-4-13(11)15/h10-13,15H,1-9,14H2. The predicted octanol–water partition coefficient (Wildman–Crippen LogP) is 2.45. The molecule has 0 aromatic rings. The van der Waals surface area contributed by atoms with Crippen molar-refractivity contribution in [2.24, 2.45) is 17.6 Å². The second kappa shape index (κ2) is 5.31. The van der Waals surface area contributed by atoms with E-state index in [-0.39, 0.29) is 6.10 Å². The summed E-state index contributed by atoms with van der Waals surface area (Å²) in [5.41, 5.74) is 5.91. The zero-order valence-electron chi connectivity index (χ0n) is 9.70. The van der Waals surface area contributed by atoms with Crippen LogP contribution in [0.15, 0.2) is 0 Å². The normalized spacial score (nSPS) is 42.8. The number of rotatable bonds is 2. The Morgan fingerprint density at radius 2 is 1.60 bits per heavy atom. The average molecular weight is 211 g/mol. The average Bonchev–Trinajstić information content (AvgIpc) is 2.25. The molecule has 0 bridgehead atoms. The molecular weight excluding hydrogens is 186 g/mol. The van der Waals surface area contributed by atoms with Crippen molar-refractivity contribution in [3.05, 3.63) is 0 Å². The van der Waals surface area contributed by atoms with Gasteiger partial charge in [-0.25, -0.2) is 0 Å². The smallest absolute Gasteiger partial charge is 0.0568 e. The highest BCUT2D eigenvalue weighted by molar-refractivity contribution is 4.81. The highest BCUT2D eigenvalue weighted by Gasteiger charge is 2.27. The van der Waals surface area contributed by atoms with Gasteiger partial charge in [0.25, 0.3) is 0 Å². The fourth-order valence-corrected chi connectivity index (χ4v) is 3.32. The minimum atomic E-state index is -0.00523. The van der Waals surface area contributed by atoms with E-state index in [1.165, 1.54) is 51.4 Å². The maximum Gasteiger partial charge on any atom is 0.0568 e. The van der Waals surface area contributed by atoms with Crippen LogP contribution in [0.5, 0.6) is 0 Å². The topological polar surface area (TPSA) is 46.2 Å². The Labute approximate surface area is 93.2 Å². The van der Waals surface area contributed by atoms with Gasteiger partial charge >= 0.3 is 0 Å². The van der Waals surface area contributed by atoms with Gasteiger partial charge in [0.05, 0.1) is 6.10 Å². The van der Waals surface area contributed by atoms with Gasteiger partial charge in [0, 0.05) is 6.04 Å². The van der Waals surface area contributed by atoms with E-state index >= 15 is 0 Å². The molecule has 3 N–H and O–H groups in total. The van der Waals surface area contributed by atoms with Crippen LogP contribution in [0, 0.1) is 11.8 Å². The Hall–Kier alpha value is -0.0800. The summed E-state index contributed by atoms with van der Waals surface area (Å²) in [6, 6.07) is 0.456. The van der Waals surface area contributed by atoms with Crippen LogP contribution >= 0.6 is 0 Å². The molecule has 2 atom stereocenters. The van der Waals surface area contributed by atoms with E-state index in [0.717, 1.165) is 12.3 Å². The quantitative estimate of drug-likeness (QED) is 0.737. The first-order valence-electron chi connectivity index (χ1n) is 6.69. The molecule has 2 unspecified atom stereocenters. The zero-order chi connectivity index (χ0) is 10.7. The molecule has 2 rings (SSSR count). The van der Waals surface area contributed by atoms with E-state index < -0.39 is 0 Å². The third-order valence-corrected chi connectivity index (χ3v) is 4.40. The summed E-state index contributed by atoms with van der Waals surface area (Å²) in [6.07, 6.45) is 11.1. The second-order valence-electron chi connectivity index (χ2n) is 5.63. The van der Waals surface area contributed by atoms with E-state index in [4.69, 9.17) is 5.73 Å². The summed E-state index contributed by atoms with van der Waals surface area (Å²) in [4.78, 5) is 0. The van der Waals surface area contributed by atoms with Gasteiger partial charge in [0.1, 0.15) is 0 Å². The van der Waals surface area contributed by atoms with Crippen LogP contribution in [0.2, 0.25) is 0 Å². The Morgan fingerprint density at radius 1 is 0.933 bits per heavy atom. The molecule has 2 heteroatoms. The first kappa shape index (κ1) is 11.4. The van der Waals surface area contributed by atoms with Crippen LogP contribution in [-0.2, 0) is 0 Å². The minimum absolute atomic E-state index is 0.00523. The molecule has 0 spiro atoms. The maximum absolute atomic E-state index is 9.93. The largest absolute Gasteiger partial charge is 0.393 e. The summed E-state index contributed by atoms with van der Waals surface area (Å²) in [5, 5.41) is 9.93. The van der Waals surface area contributed by atoms with Crippen molar-refractivity contribution in [3.8, 4) is 0 Å². The van der Waals surface area contributed by atoms with Crippen molar-refractivity contribution in [2.45, 2.75) is 69.9 Å². The van der Waals surface area contributed by atoms with Crippen LogP contribution in [0.1, 0.15) is 57.8 Å². The van der Waals surface area contributed by atoms with Gasteiger partial charge < -0.3 is 10.8 Å². The molecule has 0 radical (unpaired) electrons. The molecule has 0 heterocycles. The Balaban J connectivity index is 1.75. The predicted molar refractivity (Wildman–Crippen MR) is 62.5 cm³/mol. The van der Waals surface area contributed by atoms with Crippen molar-refractivity contribution in [2.75, 3.05) is 0 Å². The van der Waals surface area contributed by atoms with Crippen molar-refractivity contribution >= 4 is 0 Å². The van der Waals surface area contributed by atoms with E-state index in [1.54, 1.807) is 0 Å². The number of nitrogens with two attached hydrogens (primary N) is 1. The first-order valence-corrected chi connectivity index (χ1v) is 6.69. The number of aliphatic hydroxyl groups excluding tert-OH is 1. The molecule has 0 aromatic carbocycles. The summed E-state index contributed by atoms with van der Waals surface area (Å²) >= 11 is 0. The van der Waals surface area contributed by atoms with Gasteiger partial charge in [0.2, 0.25) is 0 Å². The molecule has 2 aliphatic rings. The second-order valence-corrected chi connectivity index (χ2v) is 5.63. The van der Waals surface area contributed by atoms with Crippen LogP contribution in [-0.4, -0.2) is 17.3 Å². The van der Waals surface area contributed by atoms with Gasteiger partial charge in [-0.15, -0.1) is 0 Å². The Morgan fingerprint density at radius 3 is 2.27 bits per heavy atom. The zero-order valence-corrected chi connectivity index (χ0v) is 9.70. The highest BCUT2D eigenvalue weighted by Crippen LogP contribution is 2.34. The van der Waals surface area contributed by atoms with Crippen LogP contribution in [0.3, 0.4) is 0 Å². The Bertz CT molecular complexity index is 187. The van der Waals surface area contributed by atoms with Gasteiger partial charge in [-0.2, -0.15) is 0 Å². The van der Waals surface area contributed by atoms with Gasteiger partial charge in [-0.05, 0) is 56.8 Å². The molecule has 2 nitrogen and oxygen atoms in total. The molecule has 0 saturated heterocycles. The van der Waals surface area contributed by atoms with Crippen LogP contribution in [0.4, 0.5) is 0 Å². The number of aliphatic hydroxyl groups is 1. The Kier molecular flexibility index (Phi) is 4.04. The van der Waals surface area contributed by atoms with E-state index in [9.17, 15) is 5.11 Å². The molecule has 15 heavy (non-hydrogen) atoms. The van der Waals surface area contributed by atoms with Crippen molar-refractivity contribution in [1.29, 1.82) is 0 Å². The van der Waals surface area contributed by atoms with Gasteiger partial charge in [-0.1, -0.05) is 12.8 Å². The van der Waals surface area contributed by atoms with E-state index in [0.29, 0.717) is 12.0 Å². The molecule has 0 aromatic heterocycles. The molecule has 88 valence electrons. The molecule has 2 saturated carbocycles.